The van der Waals surface area contributed by atoms with Gasteiger partial charge >= 0.3 is 0 Å². The third-order valence-corrected chi connectivity index (χ3v) is 3.19. The van der Waals surface area contributed by atoms with Crippen molar-refractivity contribution in [3.05, 3.63) is 0 Å². The second kappa shape index (κ2) is 5.07. The standard InChI is InChI=1S/C10H20O4/c1-6-8(4-11)14-9(5-12)7(2)10(6)13-3/h6-12H,4-5H2,1-3H3/t6-,7+,8+,9-,10?. The van der Waals surface area contributed by atoms with Crippen LogP contribution < -0.4 is 0 Å². The molecule has 1 fully saturated rings. The van der Waals surface area contributed by atoms with Gasteiger partial charge in [-0.1, -0.05) is 13.8 Å². The van der Waals surface area contributed by atoms with E-state index in [9.17, 15) is 0 Å². The molecule has 1 unspecified atom stereocenters. The number of ether oxygens (including phenoxy) is 2. The van der Waals surface area contributed by atoms with Gasteiger partial charge in [-0.15, -0.1) is 0 Å². The van der Waals surface area contributed by atoms with Crippen molar-refractivity contribution in [1.29, 1.82) is 0 Å². The van der Waals surface area contributed by atoms with Gasteiger partial charge in [-0.25, -0.2) is 0 Å². The summed E-state index contributed by atoms with van der Waals surface area (Å²) in [6.07, 6.45) is -0.417. The topological polar surface area (TPSA) is 58.9 Å². The quantitative estimate of drug-likeness (QED) is 0.680. The zero-order valence-electron chi connectivity index (χ0n) is 9.01. The van der Waals surface area contributed by atoms with E-state index in [0.717, 1.165) is 0 Å². The second-order valence-electron chi connectivity index (χ2n) is 4.00. The number of aliphatic hydroxyl groups excluding tert-OH is 2. The first-order valence-corrected chi connectivity index (χ1v) is 5.05. The number of aliphatic hydroxyl groups is 2. The summed E-state index contributed by atoms with van der Waals surface area (Å²) >= 11 is 0. The fourth-order valence-electron chi connectivity index (χ4n) is 2.22. The molecule has 5 atom stereocenters. The van der Waals surface area contributed by atoms with Crippen LogP contribution in [0.5, 0.6) is 0 Å². The predicted molar refractivity (Wildman–Crippen MR) is 52.0 cm³/mol. The summed E-state index contributed by atoms with van der Waals surface area (Å²) in [6, 6.07) is 0. The van der Waals surface area contributed by atoms with Gasteiger partial charge in [0.15, 0.2) is 0 Å². The maximum absolute atomic E-state index is 9.11. The third kappa shape index (κ3) is 2.08. The summed E-state index contributed by atoms with van der Waals surface area (Å²) in [7, 11) is 1.66. The summed E-state index contributed by atoms with van der Waals surface area (Å²) in [5, 5.41) is 18.2. The second-order valence-corrected chi connectivity index (χ2v) is 4.00. The molecule has 0 aromatic carbocycles. The Morgan fingerprint density at radius 3 is 1.79 bits per heavy atom. The Hall–Kier alpha value is -0.160. The van der Waals surface area contributed by atoms with E-state index in [2.05, 4.69) is 0 Å². The lowest BCUT2D eigenvalue weighted by atomic mass is 9.83. The zero-order chi connectivity index (χ0) is 10.7. The van der Waals surface area contributed by atoms with Crippen molar-refractivity contribution in [2.75, 3.05) is 20.3 Å². The van der Waals surface area contributed by atoms with Crippen LogP contribution in [-0.4, -0.2) is 48.8 Å². The Morgan fingerprint density at radius 1 is 1.07 bits per heavy atom. The molecule has 0 spiro atoms. The molecule has 0 amide bonds. The van der Waals surface area contributed by atoms with Gasteiger partial charge in [0.05, 0.1) is 31.5 Å². The molecule has 1 saturated heterocycles. The van der Waals surface area contributed by atoms with Crippen LogP contribution in [0.25, 0.3) is 0 Å². The average Bonchev–Trinajstić information content (AvgIpc) is 2.19. The fourth-order valence-corrected chi connectivity index (χ4v) is 2.22. The molecule has 1 rings (SSSR count). The minimum atomic E-state index is -0.228. The lowest BCUT2D eigenvalue weighted by molar-refractivity contribution is -0.192. The number of rotatable bonds is 3. The molecule has 0 aliphatic carbocycles. The van der Waals surface area contributed by atoms with Crippen molar-refractivity contribution in [3.63, 3.8) is 0 Å². The average molecular weight is 204 g/mol. The van der Waals surface area contributed by atoms with Gasteiger partial charge < -0.3 is 19.7 Å². The first kappa shape index (κ1) is 11.9. The molecule has 1 aliphatic rings. The highest BCUT2D eigenvalue weighted by Crippen LogP contribution is 2.31. The SMILES string of the molecule is COC1[C@@H](C)[C@@H](CO)O[C@@H](CO)[C@H]1C. The molecule has 0 aromatic rings. The van der Waals surface area contributed by atoms with Gasteiger partial charge in [0, 0.05) is 18.9 Å². The van der Waals surface area contributed by atoms with Crippen LogP contribution in [0.3, 0.4) is 0 Å². The van der Waals surface area contributed by atoms with Crippen molar-refractivity contribution in [3.8, 4) is 0 Å². The van der Waals surface area contributed by atoms with Crippen molar-refractivity contribution < 1.29 is 19.7 Å². The largest absolute Gasteiger partial charge is 0.394 e. The first-order valence-electron chi connectivity index (χ1n) is 5.05. The molecule has 0 radical (unpaired) electrons. The van der Waals surface area contributed by atoms with E-state index in [4.69, 9.17) is 19.7 Å². The van der Waals surface area contributed by atoms with Gasteiger partial charge in [-0.05, 0) is 0 Å². The molecule has 1 aliphatic heterocycles. The molecule has 1 heterocycles. The third-order valence-electron chi connectivity index (χ3n) is 3.19. The van der Waals surface area contributed by atoms with Gasteiger partial charge in [0.25, 0.3) is 0 Å². The molecule has 14 heavy (non-hydrogen) atoms. The zero-order valence-corrected chi connectivity index (χ0v) is 9.01. The van der Waals surface area contributed by atoms with Gasteiger partial charge in [-0.3, -0.25) is 0 Å². The summed E-state index contributed by atoms with van der Waals surface area (Å²) in [4.78, 5) is 0. The lowest BCUT2D eigenvalue weighted by Gasteiger charge is -2.43. The van der Waals surface area contributed by atoms with E-state index in [1.54, 1.807) is 7.11 Å². The summed E-state index contributed by atoms with van der Waals surface area (Å²) in [5.74, 6) is 0.311. The molecular weight excluding hydrogens is 184 g/mol. The van der Waals surface area contributed by atoms with Gasteiger partial charge in [0.2, 0.25) is 0 Å². The maximum Gasteiger partial charge on any atom is 0.0861 e. The smallest absolute Gasteiger partial charge is 0.0861 e. The summed E-state index contributed by atoms with van der Waals surface area (Å²) in [5.41, 5.74) is 0. The normalized spacial score (nSPS) is 43.9. The van der Waals surface area contributed by atoms with E-state index in [-0.39, 0.29) is 43.4 Å². The van der Waals surface area contributed by atoms with Crippen LogP contribution in [0, 0.1) is 11.8 Å². The molecule has 0 bridgehead atoms. The van der Waals surface area contributed by atoms with E-state index in [1.807, 2.05) is 13.8 Å². The van der Waals surface area contributed by atoms with E-state index < -0.39 is 0 Å². The number of hydrogen-bond acceptors (Lipinski definition) is 4. The molecule has 0 aromatic heterocycles. The van der Waals surface area contributed by atoms with Crippen LogP contribution in [0.1, 0.15) is 13.8 Å². The van der Waals surface area contributed by atoms with Crippen LogP contribution in [0.2, 0.25) is 0 Å². The first-order chi connectivity index (χ1) is 6.65. The maximum atomic E-state index is 9.11. The molecule has 2 N–H and O–H groups in total. The highest BCUT2D eigenvalue weighted by Gasteiger charge is 2.40. The minimum Gasteiger partial charge on any atom is -0.394 e. The molecular formula is C10H20O4. The fraction of sp³-hybridized carbons (Fsp3) is 1.00. The lowest BCUT2D eigenvalue weighted by Crippen LogP contribution is -2.52. The Bertz CT molecular complexity index is 158. The van der Waals surface area contributed by atoms with E-state index >= 15 is 0 Å². The number of methoxy groups -OCH3 is 1. The Kier molecular flexibility index (Phi) is 4.31. The molecule has 4 heteroatoms. The van der Waals surface area contributed by atoms with Crippen molar-refractivity contribution in [2.24, 2.45) is 11.8 Å². The summed E-state index contributed by atoms with van der Waals surface area (Å²) in [6.45, 7) is 3.95. The molecule has 4 nitrogen and oxygen atoms in total. The van der Waals surface area contributed by atoms with E-state index in [0.29, 0.717) is 0 Å². The monoisotopic (exact) mass is 204 g/mol. The van der Waals surface area contributed by atoms with Crippen LogP contribution in [0.4, 0.5) is 0 Å². The summed E-state index contributed by atoms with van der Waals surface area (Å²) < 4.78 is 10.9. The van der Waals surface area contributed by atoms with Crippen molar-refractivity contribution >= 4 is 0 Å². The minimum absolute atomic E-state index is 0.0236. The highest BCUT2D eigenvalue weighted by atomic mass is 16.5. The Labute approximate surface area is 84.8 Å². The molecule has 84 valence electrons. The molecule has 0 saturated carbocycles. The van der Waals surface area contributed by atoms with E-state index in [1.165, 1.54) is 0 Å². The van der Waals surface area contributed by atoms with Gasteiger partial charge in [-0.2, -0.15) is 0 Å². The van der Waals surface area contributed by atoms with Crippen LogP contribution in [0.15, 0.2) is 0 Å². The predicted octanol–water partition coefficient (Wildman–Crippen LogP) is 0.0256. The van der Waals surface area contributed by atoms with Crippen LogP contribution >= 0.6 is 0 Å². The Morgan fingerprint density at radius 2 is 1.50 bits per heavy atom. The van der Waals surface area contributed by atoms with Crippen LogP contribution in [-0.2, 0) is 9.47 Å². The number of hydrogen-bond donors (Lipinski definition) is 2. The van der Waals surface area contributed by atoms with Crippen molar-refractivity contribution in [1.82, 2.24) is 0 Å². The van der Waals surface area contributed by atoms with Crippen molar-refractivity contribution in [2.45, 2.75) is 32.2 Å². The highest BCUT2D eigenvalue weighted by molar-refractivity contribution is 4.88. The van der Waals surface area contributed by atoms with Gasteiger partial charge in [0.1, 0.15) is 0 Å². The Balaban J connectivity index is 2.72.